The zero-order valence-corrected chi connectivity index (χ0v) is 10.4. The summed E-state index contributed by atoms with van der Waals surface area (Å²) in [6, 6.07) is 9.27. The first kappa shape index (κ1) is 13.1. The molecule has 0 aromatic heterocycles. The molecule has 0 bridgehead atoms. The van der Waals surface area contributed by atoms with E-state index in [1.54, 1.807) is 0 Å². The van der Waals surface area contributed by atoms with Gasteiger partial charge in [0.25, 0.3) is 0 Å². The number of nitrogens with one attached hydrogen (secondary N) is 2. The molecule has 1 aromatic carbocycles. The van der Waals surface area contributed by atoms with Crippen LogP contribution in [0.4, 0.5) is 0 Å². The summed E-state index contributed by atoms with van der Waals surface area (Å²) in [6.07, 6.45) is 1.96. The number of hydrogen-bond acceptors (Lipinski definition) is 3. The molecule has 1 aliphatic rings. The van der Waals surface area contributed by atoms with E-state index in [4.69, 9.17) is 0 Å². The van der Waals surface area contributed by atoms with E-state index < -0.39 is 0 Å². The lowest BCUT2D eigenvalue weighted by Gasteiger charge is -2.25. The normalized spacial score (nSPS) is 21.3. The number of carbonyl (C=O) groups excluding carboxylic acids is 1. The summed E-state index contributed by atoms with van der Waals surface area (Å²) >= 11 is 0. The third-order valence-corrected chi connectivity index (χ3v) is 3.37. The van der Waals surface area contributed by atoms with Crippen LogP contribution < -0.4 is 10.6 Å². The first-order valence-corrected chi connectivity index (χ1v) is 6.48. The lowest BCUT2D eigenvalue weighted by Crippen LogP contribution is -2.42. The molecule has 1 saturated heterocycles. The van der Waals surface area contributed by atoms with Gasteiger partial charge in [-0.3, -0.25) is 4.79 Å². The topological polar surface area (TPSA) is 61.4 Å². The minimum absolute atomic E-state index is 0.0245. The van der Waals surface area contributed by atoms with Crippen molar-refractivity contribution in [3.63, 3.8) is 0 Å². The predicted octanol–water partition coefficient (Wildman–Crippen LogP) is 0.836. The largest absolute Gasteiger partial charge is 0.394 e. The average Bonchev–Trinajstić information content (AvgIpc) is 2.46. The van der Waals surface area contributed by atoms with Crippen LogP contribution in [-0.2, 0) is 4.79 Å². The summed E-state index contributed by atoms with van der Waals surface area (Å²) in [5.74, 6) is 0.0571. The summed E-state index contributed by atoms with van der Waals surface area (Å²) in [7, 11) is 0. The molecule has 2 atom stereocenters. The summed E-state index contributed by atoms with van der Waals surface area (Å²) in [5.41, 5.74) is 0.942. The molecule has 1 aromatic rings. The minimum Gasteiger partial charge on any atom is -0.394 e. The number of aliphatic hydroxyl groups excluding tert-OH is 1. The van der Waals surface area contributed by atoms with Crippen LogP contribution in [0.1, 0.15) is 24.4 Å². The standard InChI is InChI=1S/C14H20N2O2/c17-10-13(11-5-2-1-3-6-11)16-14(18)12-7-4-8-15-9-12/h1-3,5-6,12-13,15,17H,4,7-10H2,(H,16,18)/t12-,13-/m0/s1. The molecule has 1 aliphatic heterocycles. The van der Waals surface area contributed by atoms with Gasteiger partial charge in [-0.1, -0.05) is 30.3 Å². The van der Waals surface area contributed by atoms with Crippen molar-refractivity contribution in [3.8, 4) is 0 Å². The van der Waals surface area contributed by atoms with Crippen molar-refractivity contribution in [2.24, 2.45) is 5.92 Å². The zero-order chi connectivity index (χ0) is 12.8. The summed E-state index contributed by atoms with van der Waals surface area (Å²) < 4.78 is 0. The molecule has 1 amide bonds. The van der Waals surface area contributed by atoms with Crippen molar-refractivity contribution in [1.82, 2.24) is 10.6 Å². The lowest BCUT2D eigenvalue weighted by atomic mass is 9.98. The van der Waals surface area contributed by atoms with Gasteiger partial charge in [0.2, 0.25) is 5.91 Å². The second-order valence-electron chi connectivity index (χ2n) is 4.70. The number of carbonyl (C=O) groups is 1. The fourth-order valence-electron chi connectivity index (χ4n) is 2.28. The third-order valence-electron chi connectivity index (χ3n) is 3.37. The molecule has 0 aliphatic carbocycles. The number of aliphatic hydroxyl groups is 1. The maximum atomic E-state index is 12.1. The SMILES string of the molecule is O=C(N[C@@H](CO)c1ccccc1)[C@H]1CCCNC1. The zero-order valence-electron chi connectivity index (χ0n) is 10.4. The van der Waals surface area contributed by atoms with Gasteiger partial charge in [0, 0.05) is 6.54 Å². The highest BCUT2D eigenvalue weighted by atomic mass is 16.3. The molecule has 0 unspecified atom stereocenters. The van der Waals surface area contributed by atoms with Crippen LogP contribution in [0.15, 0.2) is 30.3 Å². The summed E-state index contributed by atoms with van der Waals surface area (Å²) in [4.78, 5) is 12.1. The maximum absolute atomic E-state index is 12.1. The average molecular weight is 248 g/mol. The molecule has 1 fully saturated rings. The number of piperidine rings is 1. The fraction of sp³-hybridized carbons (Fsp3) is 0.500. The van der Waals surface area contributed by atoms with Crippen LogP contribution >= 0.6 is 0 Å². The van der Waals surface area contributed by atoms with Gasteiger partial charge < -0.3 is 15.7 Å². The third kappa shape index (κ3) is 3.31. The van der Waals surface area contributed by atoms with Gasteiger partial charge in [-0.25, -0.2) is 0 Å². The second kappa shape index (κ2) is 6.52. The number of hydrogen-bond donors (Lipinski definition) is 3. The minimum atomic E-state index is -0.305. The van der Waals surface area contributed by atoms with Gasteiger partial charge >= 0.3 is 0 Å². The molecular formula is C14H20N2O2. The Hall–Kier alpha value is -1.39. The quantitative estimate of drug-likeness (QED) is 0.740. The molecule has 0 saturated carbocycles. The molecule has 0 spiro atoms. The van der Waals surface area contributed by atoms with Gasteiger partial charge in [-0.15, -0.1) is 0 Å². The van der Waals surface area contributed by atoms with Crippen molar-refractivity contribution in [2.75, 3.05) is 19.7 Å². The van der Waals surface area contributed by atoms with Crippen LogP contribution in [-0.4, -0.2) is 30.7 Å². The fourth-order valence-corrected chi connectivity index (χ4v) is 2.28. The van der Waals surface area contributed by atoms with E-state index in [1.807, 2.05) is 30.3 Å². The van der Waals surface area contributed by atoms with E-state index >= 15 is 0 Å². The van der Waals surface area contributed by atoms with E-state index in [0.717, 1.165) is 31.5 Å². The molecule has 1 heterocycles. The molecule has 98 valence electrons. The van der Waals surface area contributed by atoms with Gasteiger partial charge in [-0.05, 0) is 24.9 Å². The van der Waals surface area contributed by atoms with Gasteiger partial charge in [0.15, 0.2) is 0 Å². The Morgan fingerprint density at radius 1 is 1.44 bits per heavy atom. The van der Waals surface area contributed by atoms with Crippen molar-refractivity contribution < 1.29 is 9.90 Å². The Labute approximate surface area is 107 Å². The molecule has 0 radical (unpaired) electrons. The van der Waals surface area contributed by atoms with E-state index in [1.165, 1.54) is 0 Å². The number of amides is 1. The molecular weight excluding hydrogens is 228 g/mol. The van der Waals surface area contributed by atoms with Crippen LogP contribution in [0.3, 0.4) is 0 Å². The van der Waals surface area contributed by atoms with Crippen molar-refractivity contribution in [3.05, 3.63) is 35.9 Å². The Morgan fingerprint density at radius 2 is 2.22 bits per heavy atom. The van der Waals surface area contributed by atoms with Crippen LogP contribution in [0, 0.1) is 5.92 Å². The van der Waals surface area contributed by atoms with Crippen molar-refractivity contribution in [1.29, 1.82) is 0 Å². The van der Waals surface area contributed by atoms with Crippen LogP contribution in [0.5, 0.6) is 0 Å². The van der Waals surface area contributed by atoms with Gasteiger partial charge in [0.1, 0.15) is 0 Å². The molecule has 4 nitrogen and oxygen atoms in total. The Morgan fingerprint density at radius 3 is 2.83 bits per heavy atom. The number of rotatable bonds is 4. The molecule has 2 rings (SSSR count). The summed E-state index contributed by atoms with van der Waals surface area (Å²) in [6.45, 7) is 1.65. The van der Waals surface area contributed by atoms with Crippen molar-refractivity contribution >= 4 is 5.91 Å². The first-order chi connectivity index (χ1) is 8.81. The van der Waals surface area contributed by atoms with Gasteiger partial charge in [-0.2, -0.15) is 0 Å². The van der Waals surface area contributed by atoms with Crippen LogP contribution in [0.25, 0.3) is 0 Å². The maximum Gasteiger partial charge on any atom is 0.224 e. The first-order valence-electron chi connectivity index (χ1n) is 6.48. The lowest BCUT2D eigenvalue weighted by molar-refractivity contribution is -0.126. The van der Waals surface area contributed by atoms with E-state index in [0.29, 0.717) is 0 Å². The Kier molecular flexibility index (Phi) is 4.73. The Bertz CT molecular complexity index is 375. The van der Waals surface area contributed by atoms with Gasteiger partial charge in [0.05, 0.1) is 18.6 Å². The number of benzene rings is 1. The van der Waals surface area contributed by atoms with Crippen molar-refractivity contribution in [2.45, 2.75) is 18.9 Å². The van der Waals surface area contributed by atoms with E-state index in [-0.39, 0.29) is 24.5 Å². The van der Waals surface area contributed by atoms with E-state index in [9.17, 15) is 9.90 Å². The van der Waals surface area contributed by atoms with Crippen LogP contribution in [0.2, 0.25) is 0 Å². The smallest absolute Gasteiger partial charge is 0.224 e. The monoisotopic (exact) mass is 248 g/mol. The highest BCUT2D eigenvalue weighted by Crippen LogP contribution is 2.15. The summed E-state index contributed by atoms with van der Waals surface area (Å²) in [5, 5.41) is 15.5. The molecule has 4 heteroatoms. The highest BCUT2D eigenvalue weighted by Gasteiger charge is 2.23. The molecule has 18 heavy (non-hydrogen) atoms. The highest BCUT2D eigenvalue weighted by molar-refractivity contribution is 5.79. The van der Waals surface area contributed by atoms with E-state index in [2.05, 4.69) is 10.6 Å². The second-order valence-corrected chi connectivity index (χ2v) is 4.70. The Balaban J connectivity index is 1.95. The molecule has 3 N–H and O–H groups in total. The predicted molar refractivity (Wildman–Crippen MR) is 70.0 cm³/mol.